The van der Waals surface area contributed by atoms with E-state index in [0.717, 1.165) is 50.2 Å². The van der Waals surface area contributed by atoms with Gasteiger partial charge in [-0.2, -0.15) is 0 Å². The Labute approximate surface area is 179 Å². The van der Waals surface area contributed by atoms with Crippen LogP contribution >= 0.6 is 0 Å². The number of benzene rings is 1. The van der Waals surface area contributed by atoms with Gasteiger partial charge in [0.15, 0.2) is 0 Å². The molecule has 0 aromatic heterocycles. The van der Waals surface area contributed by atoms with Gasteiger partial charge in [0.2, 0.25) is 5.78 Å². The molecule has 3 heterocycles. The lowest BCUT2D eigenvalue weighted by atomic mass is 9.84. The summed E-state index contributed by atoms with van der Waals surface area (Å²) in [6.07, 6.45) is 12.7. The third kappa shape index (κ3) is 4.93. The SMILES string of the molecule is CC(C)CC1CN=CC=C1C1=NC(c2ccc(C=C3CCOCC3)cc2)C=CC1=O. The van der Waals surface area contributed by atoms with Crippen LogP contribution in [0, 0.1) is 11.8 Å². The second kappa shape index (κ2) is 9.48. The van der Waals surface area contributed by atoms with Gasteiger partial charge in [-0.05, 0) is 54.0 Å². The number of carbonyl (C=O) groups excluding carboxylic acids is 1. The van der Waals surface area contributed by atoms with Crippen LogP contribution < -0.4 is 0 Å². The molecule has 3 aliphatic heterocycles. The van der Waals surface area contributed by atoms with Crippen LogP contribution in [0.4, 0.5) is 0 Å². The summed E-state index contributed by atoms with van der Waals surface area (Å²) < 4.78 is 5.43. The first-order chi connectivity index (χ1) is 14.6. The van der Waals surface area contributed by atoms with Crippen molar-refractivity contribution in [2.24, 2.45) is 21.8 Å². The number of nitrogens with zero attached hydrogens (tertiary/aromatic N) is 2. The van der Waals surface area contributed by atoms with Crippen molar-refractivity contribution in [3.63, 3.8) is 0 Å². The van der Waals surface area contributed by atoms with Crippen molar-refractivity contribution in [1.82, 2.24) is 0 Å². The van der Waals surface area contributed by atoms with E-state index in [1.807, 2.05) is 18.4 Å². The molecule has 0 radical (unpaired) electrons. The summed E-state index contributed by atoms with van der Waals surface area (Å²) in [6.45, 7) is 6.79. The van der Waals surface area contributed by atoms with Crippen molar-refractivity contribution in [3.05, 3.63) is 64.8 Å². The molecular formula is C26H30N2O2. The maximum Gasteiger partial charge on any atom is 0.203 e. The molecule has 156 valence electrons. The van der Waals surface area contributed by atoms with Gasteiger partial charge in [0.1, 0.15) is 5.71 Å². The third-order valence-corrected chi connectivity index (χ3v) is 5.87. The van der Waals surface area contributed by atoms with Gasteiger partial charge in [-0.1, -0.05) is 55.8 Å². The molecule has 0 bridgehead atoms. The van der Waals surface area contributed by atoms with Crippen LogP contribution in [-0.2, 0) is 9.53 Å². The quantitative estimate of drug-likeness (QED) is 0.682. The van der Waals surface area contributed by atoms with Gasteiger partial charge in [0, 0.05) is 18.7 Å². The van der Waals surface area contributed by atoms with E-state index in [1.165, 1.54) is 11.1 Å². The van der Waals surface area contributed by atoms with E-state index < -0.39 is 0 Å². The molecule has 4 heteroatoms. The normalized spacial score (nSPS) is 24.1. The maximum absolute atomic E-state index is 12.7. The van der Waals surface area contributed by atoms with Crippen molar-refractivity contribution in [1.29, 1.82) is 0 Å². The number of aliphatic imine (C=N–C) groups is 2. The number of carbonyl (C=O) groups is 1. The Morgan fingerprint density at radius 2 is 1.93 bits per heavy atom. The van der Waals surface area contributed by atoms with E-state index in [-0.39, 0.29) is 17.7 Å². The summed E-state index contributed by atoms with van der Waals surface area (Å²) in [5.74, 6) is 0.815. The fraction of sp³-hybridized carbons (Fsp3) is 0.423. The van der Waals surface area contributed by atoms with E-state index in [9.17, 15) is 4.79 Å². The molecule has 1 aromatic carbocycles. The highest BCUT2D eigenvalue weighted by Crippen LogP contribution is 2.30. The summed E-state index contributed by atoms with van der Waals surface area (Å²) in [4.78, 5) is 22.0. The fourth-order valence-electron chi connectivity index (χ4n) is 4.31. The average Bonchev–Trinajstić information content (AvgIpc) is 2.76. The maximum atomic E-state index is 12.7. The first-order valence-corrected chi connectivity index (χ1v) is 11.0. The Bertz CT molecular complexity index is 924. The van der Waals surface area contributed by atoms with Crippen LogP contribution in [0.5, 0.6) is 0 Å². The molecule has 0 N–H and O–H groups in total. The molecular weight excluding hydrogens is 372 g/mol. The zero-order valence-corrected chi connectivity index (χ0v) is 17.9. The summed E-state index contributed by atoms with van der Waals surface area (Å²) in [7, 11) is 0. The van der Waals surface area contributed by atoms with E-state index in [4.69, 9.17) is 9.73 Å². The highest BCUT2D eigenvalue weighted by molar-refractivity contribution is 6.50. The molecule has 1 aromatic rings. The smallest absolute Gasteiger partial charge is 0.203 e. The van der Waals surface area contributed by atoms with Gasteiger partial charge in [-0.25, -0.2) is 0 Å². The Kier molecular flexibility index (Phi) is 6.53. The van der Waals surface area contributed by atoms with Gasteiger partial charge < -0.3 is 4.74 Å². The number of dihydropyridines is 2. The zero-order chi connectivity index (χ0) is 20.9. The average molecular weight is 403 g/mol. The Balaban J connectivity index is 1.55. The molecule has 0 saturated carbocycles. The number of ketones is 1. The van der Waals surface area contributed by atoms with Gasteiger partial charge in [0.25, 0.3) is 0 Å². The second-order valence-corrected chi connectivity index (χ2v) is 8.69. The van der Waals surface area contributed by atoms with E-state index in [0.29, 0.717) is 11.6 Å². The van der Waals surface area contributed by atoms with Crippen LogP contribution in [0.3, 0.4) is 0 Å². The van der Waals surface area contributed by atoms with Gasteiger partial charge in [-0.3, -0.25) is 14.8 Å². The van der Waals surface area contributed by atoms with Crippen molar-refractivity contribution in [3.8, 4) is 0 Å². The van der Waals surface area contributed by atoms with Gasteiger partial charge in [-0.15, -0.1) is 0 Å². The Morgan fingerprint density at radius 3 is 2.67 bits per heavy atom. The molecule has 1 fully saturated rings. The first kappa shape index (κ1) is 20.7. The second-order valence-electron chi connectivity index (χ2n) is 8.69. The van der Waals surface area contributed by atoms with Crippen LogP contribution in [0.25, 0.3) is 6.08 Å². The molecule has 0 amide bonds. The third-order valence-electron chi connectivity index (χ3n) is 5.87. The molecule has 0 aliphatic carbocycles. The molecule has 0 spiro atoms. The molecule has 4 rings (SSSR count). The Hall–Kier alpha value is -2.59. The van der Waals surface area contributed by atoms with Gasteiger partial charge >= 0.3 is 0 Å². The summed E-state index contributed by atoms with van der Waals surface area (Å²) in [6, 6.07) is 8.42. The monoisotopic (exact) mass is 402 g/mol. The highest BCUT2D eigenvalue weighted by Gasteiger charge is 2.27. The Morgan fingerprint density at radius 1 is 1.17 bits per heavy atom. The van der Waals surface area contributed by atoms with E-state index in [2.05, 4.69) is 49.2 Å². The largest absolute Gasteiger partial charge is 0.381 e. The van der Waals surface area contributed by atoms with Crippen molar-refractivity contribution in [2.45, 2.75) is 39.2 Å². The van der Waals surface area contributed by atoms with Crippen LogP contribution in [0.1, 0.15) is 50.3 Å². The standard InChI is InChI=1S/C26H30N2O2/c1-18(2)15-22-17-27-12-9-23(22)26-25(29)8-7-24(28-26)21-5-3-19(4-6-21)16-20-10-13-30-14-11-20/h3-9,12,16,18,22,24H,10-11,13-15,17H2,1-2H3. The predicted molar refractivity (Wildman–Crippen MR) is 123 cm³/mol. The minimum Gasteiger partial charge on any atom is -0.381 e. The number of rotatable bonds is 5. The molecule has 4 nitrogen and oxygen atoms in total. The minimum atomic E-state index is -0.123. The van der Waals surface area contributed by atoms with E-state index >= 15 is 0 Å². The van der Waals surface area contributed by atoms with E-state index in [1.54, 1.807) is 6.08 Å². The zero-order valence-electron chi connectivity index (χ0n) is 17.9. The van der Waals surface area contributed by atoms with Crippen molar-refractivity contribution >= 4 is 23.8 Å². The fourth-order valence-corrected chi connectivity index (χ4v) is 4.31. The topological polar surface area (TPSA) is 51.0 Å². The molecule has 2 unspecified atom stereocenters. The predicted octanol–water partition coefficient (Wildman–Crippen LogP) is 5.17. The van der Waals surface area contributed by atoms with Crippen LogP contribution in [0.2, 0.25) is 0 Å². The lowest BCUT2D eigenvalue weighted by Crippen LogP contribution is -2.27. The minimum absolute atomic E-state index is 0.00225. The van der Waals surface area contributed by atoms with Crippen LogP contribution in [-0.4, -0.2) is 37.5 Å². The lowest BCUT2D eigenvalue weighted by molar-refractivity contribution is -0.109. The number of allylic oxidation sites excluding steroid dienone is 2. The van der Waals surface area contributed by atoms with Crippen LogP contribution in [0.15, 0.2) is 63.6 Å². The molecule has 2 atom stereocenters. The first-order valence-electron chi connectivity index (χ1n) is 11.0. The van der Waals surface area contributed by atoms with Gasteiger partial charge in [0.05, 0.1) is 19.3 Å². The molecule has 3 aliphatic rings. The molecule has 1 saturated heterocycles. The summed E-state index contributed by atoms with van der Waals surface area (Å²) >= 11 is 0. The van der Waals surface area contributed by atoms with Crippen molar-refractivity contribution < 1.29 is 9.53 Å². The number of ether oxygens (including phenoxy) is 1. The highest BCUT2D eigenvalue weighted by atomic mass is 16.5. The number of hydrogen-bond acceptors (Lipinski definition) is 4. The summed E-state index contributed by atoms with van der Waals surface area (Å²) in [5.41, 5.74) is 5.40. The lowest BCUT2D eigenvalue weighted by Gasteiger charge is -2.25. The number of hydrogen-bond donors (Lipinski definition) is 0. The molecule has 30 heavy (non-hydrogen) atoms. The van der Waals surface area contributed by atoms with Crippen molar-refractivity contribution in [2.75, 3.05) is 19.8 Å². The summed E-state index contributed by atoms with van der Waals surface area (Å²) in [5, 5.41) is 0.